The van der Waals surface area contributed by atoms with Crippen molar-refractivity contribution in [2.24, 2.45) is 0 Å². The van der Waals surface area contributed by atoms with Crippen LogP contribution in [0.4, 0.5) is 26.1 Å². The van der Waals surface area contributed by atoms with E-state index in [9.17, 15) is 13.6 Å². The predicted molar refractivity (Wildman–Crippen MR) is 169 cm³/mol. The van der Waals surface area contributed by atoms with E-state index in [0.717, 1.165) is 56.1 Å². The number of nitrogens with one attached hydrogen (secondary N) is 1. The fourth-order valence-corrected chi connectivity index (χ4v) is 7.34. The highest BCUT2D eigenvalue weighted by molar-refractivity contribution is 5.81. The average Bonchev–Trinajstić information content (AvgIpc) is 3.69. The molecule has 1 N–H and O–H groups in total. The first-order valence-electron chi connectivity index (χ1n) is 16.2. The van der Waals surface area contributed by atoms with E-state index >= 15 is 0 Å². The minimum absolute atomic E-state index is 0.0110. The average molecular weight is 633 g/mol. The Morgan fingerprint density at radius 3 is 2.67 bits per heavy atom. The molecule has 1 amide bonds. The molecule has 3 aromatic heterocycles. The van der Waals surface area contributed by atoms with Crippen molar-refractivity contribution in [3.63, 3.8) is 0 Å². The van der Waals surface area contributed by atoms with Gasteiger partial charge in [0.15, 0.2) is 5.82 Å². The second kappa shape index (κ2) is 11.8. The number of carbonyl (C=O) groups is 1. The third-order valence-corrected chi connectivity index (χ3v) is 9.78. The van der Waals surface area contributed by atoms with Crippen LogP contribution >= 0.6 is 0 Å². The Bertz CT molecular complexity index is 1780. The van der Waals surface area contributed by atoms with Gasteiger partial charge in [0.1, 0.15) is 23.8 Å². The standard InChI is InChI=1S/C33H38F2N8O3/c1-21(44)40-8-3-27-26(20-40)33(38-43(27)23-4-13-45-14-5-23)41-12-15-46-29-18-24(25(32(34)35)17-28(29)41)22-2-9-42-30(16-22)37-19-31(42)39-10-6-36-7-11-39/h2,9,16-19,23,32,36H,3-8,10-15,20H2,1H3. The Kier molecular flexibility index (Phi) is 7.52. The van der Waals surface area contributed by atoms with Crippen molar-refractivity contribution in [1.29, 1.82) is 0 Å². The van der Waals surface area contributed by atoms with Crippen LogP contribution in [-0.2, 0) is 22.5 Å². The van der Waals surface area contributed by atoms with Crippen molar-refractivity contribution in [3.8, 4) is 16.9 Å². The fraction of sp³-hybridized carbons (Fsp3) is 0.485. The summed E-state index contributed by atoms with van der Waals surface area (Å²) < 4.78 is 45.6. The summed E-state index contributed by atoms with van der Waals surface area (Å²) in [5, 5.41) is 8.51. The lowest BCUT2D eigenvalue weighted by molar-refractivity contribution is -0.129. The number of aromatic nitrogens is 4. The van der Waals surface area contributed by atoms with E-state index in [1.54, 1.807) is 19.1 Å². The molecule has 13 heteroatoms. The molecule has 4 aliphatic heterocycles. The summed E-state index contributed by atoms with van der Waals surface area (Å²) in [7, 11) is 0. The third kappa shape index (κ3) is 5.05. The number of fused-ring (bicyclic) bond motifs is 3. The number of carbonyl (C=O) groups excluding carboxylic acids is 1. The van der Waals surface area contributed by atoms with Crippen LogP contribution in [0.15, 0.2) is 36.7 Å². The first-order chi connectivity index (χ1) is 22.5. The third-order valence-electron chi connectivity index (χ3n) is 9.78. The van der Waals surface area contributed by atoms with E-state index in [4.69, 9.17) is 14.6 Å². The second-order valence-corrected chi connectivity index (χ2v) is 12.4. The number of imidazole rings is 1. The van der Waals surface area contributed by atoms with Crippen molar-refractivity contribution < 1.29 is 23.0 Å². The van der Waals surface area contributed by atoms with Gasteiger partial charge in [0.05, 0.1) is 31.0 Å². The summed E-state index contributed by atoms with van der Waals surface area (Å²) in [6, 6.07) is 7.23. The number of hydrogen-bond donors (Lipinski definition) is 1. The summed E-state index contributed by atoms with van der Waals surface area (Å²) in [6.07, 6.45) is 3.47. The molecule has 2 fully saturated rings. The zero-order chi connectivity index (χ0) is 31.4. The lowest BCUT2D eigenvalue weighted by Gasteiger charge is -2.33. The Morgan fingerprint density at radius 1 is 1.07 bits per heavy atom. The van der Waals surface area contributed by atoms with E-state index < -0.39 is 6.43 Å². The number of anilines is 3. The molecular formula is C33H38F2N8O3. The van der Waals surface area contributed by atoms with E-state index in [1.165, 1.54) is 0 Å². The highest BCUT2D eigenvalue weighted by atomic mass is 19.3. The Morgan fingerprint density at radius 2 is 1.89 bits per heavy atom. The summed E-state index contributed by atoms with van der Waals surface area (Å²) in [6.45, 7) is 8.42. The van der Waals surface area contributed by atoms with Crippen LogP contribution in [0.3, 0.4) is 0 Å². The zero-order valence-corrected chi connectivity index (χ0v) is 25.9. The van der Waals surface area contributed by atoms with E-state index in [-0.39, 0.29) is 17.5 Å². The smallest absolute Gasteiger partial charge is 0.264 e. The van der Waals surface area contributed by atoms with Crippen molar-refractivity contribution in [3.05, 3.63) is 53.5 Å². The molecule has 0 aliphatic carbocycles. The zero-order valence-electron chi connectivity index (χ0n) is 25.9. The number of ether oxygens (including phenoxy) is 2. The molecule has 0 radical (unpaired) electrons. The Balaban J connectivity index is 1.19. The van der Waals surface area contributed by atoms with Gasteiger partial charge in [0.2, 0.25) is 5.91 Å². The molecule has 8 rings (SSSR count). The van der Waals surface area contributed by atoms with Crippen molar-refractivity contribution in [2.45, 2.75) is 45.2 Å². The van der Waals surface area contributed by atoms with Gasteiger partial charge in [-0.25, -0.2) is 13.8 Å². The number of amides is 1. The van der Waals surface area contributed by atoms with Crippen LogP contribution in [0.2, 0.25) is 0 Å². The van der Waals surface area contributed by atoms with Gasteiger partial charge in [-0.3, -0.25) is 13.9 Å². The quantitative estimate of drug-likeness (QED) is 0.348. The van der Waals surface area contributed by atoms with Gasteiger partial charge < -0.3 is 29.5 Å². The normalized spacial score (nSPS) is 19.0. The maximum Gasteiger partial charge on any atom is 0.264 e. The van der Waals surface area contributed by atoms with E-state index in [2.05, 4.69) is 19.9 Å². The topological polar surface area (TPSA) is 92.4 Å². The molecule has 46 heavy (non-hydrogen) atoms. The van der Waals surface area contributed by atoms with Gasteiger partial charge in [-0.1, -0.05) is 0 Å². The van der Waals surface area contributed by atoms with Crippen LogP contribution in [-0.4, -0.2) is 89.1 Å². The van der Waals surface area contributed by atoms with Gasteiger partial charge in [-0.15, -0.1) is 0 Å². The number of piperazine rings is 1. The molecule has 0 saturated carbocycles. The molecule has 242 valence electrons. The Hall–Kier alpha value is -4.23. The maximum absolute atomic E-state index is 14.9. The molecule has 0 bridgehead atoms. The minimum atomic E-state index is -2.71. The predicted octanol–water partition coefficient (Wildman–Crippen LogP) is 4.33. The number of benzene rings is 1. The summed E-state index contributed by atoms with van der Waals surface area (Å²) >= 11 is 0. The van der Waals surface area contributed by atoms with Gasteiger partial charge >= 0.3 is 0 Å². The van der Waals surface area contributed by atoms with Crippen LogP contribution in [0.1, 0.15) is 49.1 Å². The molecule has 2 saturated heterocycles. The molecular weight excluding hydrogens is 594 g/mol. The van der Waals surface area contributed by atoms with Crippen LogP contribution in [0, 0.1) is 0 Å². The molecule has 0 unspecified atom stereocenters. The first-order valence-corrected chi connectivity index (χ1v) is 16.2. The lowest BCUT2D eigenvalue weighted by Crippen LogP contribution is -2.44. The number of rotatable bonds is 5. The van der Waals surface area contributed by atoms with Crippen LogP contribution in [0.5, 0.6) is 5.75 Å². The molecule has 11 nitrogen and oxygen atoms in total. The van der Waals surface area contributed by atoms with E-state index in [1.807, 2.05) is 38.7 Å². The molecule has 4 aromatic rings. The molecule has 0 atom stereocenters. The van der Waals surface area contributed by atoms with Crippen molar-refractivity contribution in [2.75, 3.05) is 68.9 Å². The Labute approximate surface area is 265 Å². The largest absolute Gasteiger partial charge is 0.490 e. The highest BCUT2D eigenvalue weighted by Crippen LogP contribution is 2.46. The monoisotopic (exact) mass is 632 g/mol. The number of pyridine rings is 1. The minimum Gasteiger partial charge on any atom is -0.490 e. The summed E-state index contributed by atoms with van der Waals surface area (Å²) in [4.78, 5) is 23.1. The van der Waals surface area contributed by atoms with Gasteiger partial charge in [0, 0.05) is 82.3 Å². The molecule has 1 aromatic carbocycles. The number of nitrogens with zero attached hydrogens (tertiary/aromatic N) is 7. The number of hydrogen-bond acceptors (Lipinski definition) is 8. The van der Waals surface area contributed by atoms with Gasteiger partial charge in [0.25, 0.3) is 6.43 Å². The maximum atomic E-state index is 14.9. The highest BCUT2D eigenvalue weighted by Gasteiger charge is 2.34. The lowest BCUT2D eigenvalue weighted by atomic mass is 9.98. The van der Waals surface area contributed by atoms with Gasteiger partial charge in [-0.05, 0) is 48.2 Å². The summed E-state index contributed by atoms with van der Waals surface area (Å²) in [5.74, 6) is 2.25. The van der Waals surface area contributed by atoms with Crippen molar-refractivity contribution in [1.82, 2.24) is 29.4 Å². The van der Waals surface area contributed by atoms with Crippen LogP contribution in [0.25, 0.3) is 16.8 Å². The van der Waals surface area contributed by atoms with E-state index in [0.29, 0.717) is 79.9 Å². The summed E-state index contributed by atoms with van der Waals surface area (Å²) in [5.41, 5.74) is 4.36. The van der Waals surface area contributed by atoms with Gasteiger partial charge in [-0.2, -0.15) is 5.10 Å². The molecule has 4 aliphatic rings. The first kappa shape index (κ1) is 29.2. The van der Waals surface area contributed by atoms with Crippen LogP contribution < -0.4 is 19.9 Å². The molecule has 7 heterocycles. The second-order valence-electron chi connectivity index (χ2n) is 12.4. The van der Waals surface area contributed by atoms with Crippen molar-refractivity contribution >= 4 is 28.9 Å². The molecule has 0 spiro atoms. The number of halogens is 2. The SMILES string of the molecule is CC(=O)N1CCc2c(c(N3CCOc4cc(-c5ccn6c(N7CCNCC7)cnc6c5)c(C(F)F)cc43)nn2C2CCOCC2)C1. The number of alkyl halides is 2. The fourth-order valence-electron chi connectivity index (χ4n) is 7.34.